The van der Waals surface area contributed by atoms with E-state index in [1.54, 1.807) is 24.3 Å². The van der Waals surface area contributed by atoms with Crippen LogP contribution in [0.1, 0.15) is 45.7 Å². The van der Waals surface area contributed by atoms with Gasteiger partial charge in [-0.25, -0.2) is 9.97 Å². The highest BCUT2D eigenvalue weighted by molar-refractivity contribution is 6.04. The Morgan fingerprint density at radius 1 is 0.662 bits per heavy atom. The van der Waals surface area contributed by atoms with Crippen molar-refractivity contribution in [2.75, 3.05) is 0 Å². The maximum Gasteiger partial charge on any atom is 0.417 e. The van der Waals surface area contributed by atoms with E-state index in [2.05, 4.69) is 26.0 Å². The molecule has 2 aromatic heterocycles. The number of aromatic amines is 2. The molecule has 2 fully saturated rings. The number of carboxylic acid groups (broad SMARTS) is 2. The van der Waals surface area contributed by atoms with Gasteiger partial charge in [0.2, 0.25) is 0 Å². The monoisotopic (exact) mass is 882 g/mol. The second kappa shape index (κ2) is 14.4. The smallest absolute Gasteiger partial charge is 0.417 e. The third-order valence-electron chi connectivity index (χ3n) is 13.6. The first-order chi connectivity index (χ1) is 31.0. The van der Waals surface area contributed by atoms with E-state index in [1.807, 2.05) is 61.5 Å². The van der Waals surface area contributed by atoms with E-state index in [0.717, 1.165) is 56.6 Å². The molecule has 2 heterocycles. The van der Waals surface area contributed by atoms with Crippen molar-refractivity contribution in [2.24, 2.45) is 23.7 Å². The van der Waals surface area contributed by atoms with E-state index in [4.69, 9.17) is 0 Å². The number of alkyl halides is 6. The number of aromatic nitrogens is 4. The minimum atomic E-state index is -4.98. The van der Waals surface area contributed by atoms with Gasteiger partial charge in [-0.05, 0) is 107 Å². The van der Waals surface area contributed by atoms with Gasteiger partial charge in [0, 0.05) is 28.2 Å². The van der Waals surface area contributed by atoms with E-state index in [9.17, 15) is 46.1 Å². The van der Waals surface area contributed by atoms with Crippen molar-refractivity contribution in [3.05, 3.63) is 143 Å². The molecule has 326 valence electrons. The molecule has 8 aromatic rings. The summed E-state index contributed by atoms with van der Waals surface area (Å²) in [5, 5.41) is 18.9. The zero-order valence-electron chi connectivity index (χ0n) is 34.3. The Labute approximate surface area is 366 Å². The summed E-state index contributed by atoms with van der Waals surface area (Å²) < 4.78 is 88.6. The molecule has 0 amide bonds. The molecule has 11 rings (SSSR count). The van der Waals surface area contributed by atoms with Crippen molar-refractivity contribution >= 4 is 34.0 Å². The fourth-order valence-corrected chi connectivity index (χ4v) is 10.0. The predicted molar refractivity (Wildman–Crippen MR) is 232 cm³/mol. The zero-order chi connectivity index (χ0) is 45.3. The molecule has 0 radical (unpaired) electrons. The van der Waals surface area contributed by atoms with Gasteiger partial charge in [0.25, 0.3) is 0 Å². The van der Waals surface area contributed by atoms with Crippen LogP contribution in [0, 0.1) is 30.6 Å². The fourth-order valence-electron chi connectivity index (χ4n) is 10.0. The molecule has 4 N–H and O–H groups in total. The number of imidazole rings is 2. The molecule has 0 aliphatic heterocycles. The van der Waals surface area contributed by atoms with Crippen LogP contribution in [0.4, 0.5) is 26.3 Å². The number of aliphatic carboxylic acids is 2. The van der Waals surface area contributed by atoms with E-state index < -0.39 is 46.5 Å². The first kappa shape index (κ1) is 40.5. The SMILES string of the molecule is Cc1ccc(-c2ccc(-c3nc4c(-c5c(C(F)(F)F)ccc6[nH]c(-c7ccc(-c8ccc9c(c8)CC8C(C(=O)O)C98)cc7)nc56)cc(C(F)(F)F)cc4[nH]3)cc2)cc1CC1CC1C(=O)O. The molecule has 5 unspecified atom stereocenters. The summed E-state index contributed by atoms with van der Waals surface area (Å²) in [6.07, 6.45) is -7.91. The number of rotatable bonds is 9. The normalized spacial score (nSPS) is 20.0. The lowest BCUT2D eigenvalue weighted by molar-refractivity contribution is -0.139. The largest absolute Gasteiger partial charge is 0.481 e. The fraction of sp³-hybridized carbons (Fsp3) is 0.216. The van der Waals surface area contributed by atoms with Gasteiger partial charge in [-0.2, -0.15) is 26.3 Å². The minimum Gasteiger partial charge on any atom is -0.481 e. The Kier molecular flexibility index (Phi) is 8.98. The topological polar surface area (TPSA) is 132 Å². The third-order valence-corrected chi connectivity index (χ3v) is 13.6. The maximum atomic E-state index is 15.0. The second-order valence-corrected chi connectivity index (χ2v) is 17.6. The van der Waals surface area contributed by atoms with Gasteiger partial charge in [-0.15, -0.1) is 0 Å². The molecule has 8 nitrogen and oxygen atoms in total. The van der Waals surface area contributed by atoms with Crippen LogP contribution in [0.15, 0.2) is 109 Å². The standard InChI is InChI=1S/C51H36F6N4O4/c1-23-2-3-28(16-30(23)18-32-19-35(32)48(62)63)24-4-10-27(11-5-24)47-59-40-22-33(50(52,53)54)21-37(44(40)60-47)42-38(51(55,56)57)14-15-39-45(42)61-46(58-39)26-8-6-25(7-9-26)29-12-13-34-31(17-29)20-36-41(34)43(36)49(64)65/h2-17,21-22,32,35-36,41,43H,18-20H2,1H3,(H,58,61)(H,59,60)(H,62,63)(H,64,65). The van der Waals surface area contributed by atoms with Gasteiger partial charge in [-0.3, -0.25) is 9.59 Å². The van der Waals surface area contributed by atoms with Gasteiger partial charge in [-0.1, -0.05) is 84.9 Å². The van der Waals surface area contributed by atoms with Crippen LogP contribution in [-0.2, 0) is 34.8 Å². The van der Waals surface area contributed by atoms with Crippen LogP contribution in [0.2, 0.25) is 0 Å². The molecular weight excluding hydrogens is 847 g/mol. The molecule has 2 saturated carbocycles. The Morgan fingerprint density at radius 2 is 1.26 bits per heavy atom. The number of fused-ring (bicyclic) bond motifs is 5. The number of halogens is 6. The Bertz CT molecular complexity index is 3280. The lowest BCUT2D eigenvalue weighted by atomic mass is 9.94. The number of aryl methyl sites for hydroxylation is 1. The van der Waals surface area contributed by atoms with Crippen LogP contribution in [0.3, 0.4) is 0 Å². The number of carboxylic acids is 2. The van der Waals surface area contributed by atoms with E-state index in [1.165, 1.54) is 6.07 Å². The summed E-state index contributed by atoms with van der Waals surface area (Å²) in [5.74, 6) is -1.62. The average molecular weight is 883 g/mol. The lowest BCUT2D eigenvalue weighted by Crippen LogP contribution is -2.09. The van der Waals surface area contributed by atoms with Gasteiger partial charge >= 0.3 is 24.3 Å². The number of hydrogen-bond acceptors (Lipinski definition) is 4. The van der Waals surface area contributed by atoms with Crippen LogP contribution in [-0.4, -0.2) is 42.1 Å². The maximum absolute atomic E-state index is 15.0. The van der Waals surface area contributed by atoms with Crippen molar-refractivity contribution < 1.29 is 46.1 Å². The molecular formula is C51H36F6N4O4. The minimum absolute atomic E-state index is 0.0466. The van der Waals surface area contributed by atoms with E-state index in [0.29, 0.717) is 36.5 Å². The molecule has 3 aliphatic carbocycles. The number of nitrogens with one attached hydrogen (secondary N) is 2. The van der Waals surface area contributed by atoms with Crippen LogP contribution in [0.5, 0.6) is 0 Å². The van der Waals surface area contributed by atoms with Crippen LogP contribution >= 0.6 is 0 Å². The van der Waals surface area contributed by atoms with Crippen molar-refractivity contribution in [1.29, 1.82) is 0 Å². The second-order valence-electron chi connectivity index (χ2n) is 17.6. The predicted octanol–water partition coefficient (Wildman–Crippen LogP) is 12.4. The summed E-state index contributed by atoms with van der Waals surface area (Å²) in [5.41, 5.74) is 5.33. The molecule has 5 atom stereocenters. The molecule has 14 heteroatoms. The van der Waals surface area contributed by atoms with Crippen molar-refractivity contribution in [3.8, 4) is 56.2 Å². The summed E-state index contributed by atoms with van der Waals surface area (Å²) in [7, 11) is 0. The number of benzene rings is 6. The highest BCUT2D eigenvalue weighted by Gasteiger charge is 2.59. The van der Waals surface area contributed by atoms with Crippen LogP contribution < -0.4 is 0 Å². The highest BCUT2D eigenvalue weighted by Crippen LogP contribution is 2.61. The van der Waals surface area contributed by atoms with Crippen molar-refractivity contribution in [1.82, 2.24) is 19.9 Å². The molecule has 6 aromatic carbocycles. The highest BCUT2D eigenvalue weighted by atomic mass is 19.4. The Morgan fingerprint density at radius 3 is 1.88 bits per heavy atom. The van der Waals surface area contributed by atoms with Gasteiger partial charge in [0.15, 0.2) is 0 Å². The summed E-state index contributed by atoms with van der Waals surface area (Å²) in [6, 6.07) is 29.9. The van der Waals surface area contributed by atoms with Gasteiger partial charge in [0.1, 0.15) is 11.6 Å². The van der Waals surface area contributed by atoms with Crippen molar-refractivity contribution in [3.63, 3.8) is 0 Å². The zero-order valence-corrected chi connectivity index (χ0v) is 34.3. The van der Waals surface area contributed by atoms with E-state index >= 15 is 0 Å². The molecule has 0 saturated heterocycles. The summed E-state index contributed by atoms with van der Waals surface area (Å²) >= 11 is 0. The van der Waals surface area contributed by atoms with Crippen molar-refractivity contribution in [2.45, 2.75) is 44.5 Å². The lowest BCUT2D eigenvalue weighted by Gasteiger charge is -2.16. The van der Waals surface area contributed by atoms with Gasteiger partial charge in [0.05, 0.1) is 45.0 Å². The average Bonchev–Trinajstić information content (AvgIpc) is 4.00. The Hall–Kier alpha value is -7.22. The first-order valence-corrected chi connectivity index (χ1v) is 21.1. The quantitative estimate of drug-likeness (QED) is 0.107. The Balaban J connectivity index is 0.949. The number of carbonyl (C=O) groups is 2. The molecule has 3 aliphatic rings. The molecule has 0 spiro atoms. The number of H-pyrrole nitrogens is 2. The number of hydrogen-bond donors (Lipinski definition) is 4. The summed E-state index contributed by atoms with van der Waals surface area (Å²) in [4.78, 5) is 38.3. The number of nitrogens with zero attached hydrogens (tertiary/aromatic N) is 2. The van der Waals surface area contributed by atoms with Crippen LogP contribution in [0.25, 0.3) is 78.2 Å². The molecule has 0 bridgehead atoms. The third kappa shape index (κ3) is 7.02. The molecule has 65 heavy (non-hydrogen) atoms. The summed E-state index contributed by atoms with van der Waals surface area (Å²) in [6.45, 7) is 1.97. The van der Waals surface area contributed by atoms with Gasteiger partial charge < -0.3 is 20.2 Å². The van der Waals surface area contributed by atoms with E-state index in [-0.39, 0.29) is 63.3 Å². The first-order valence-electron chi connectivity index (χ1n) is 21.1.